The maximum Gasteiger partial charge on any atom is 0.408 e. The van der Waals surface area contributed by atoms with Crippen LogP contribution in [-0.4, -0.2) is 38.0 Å². The molecule has 0 saturated heterocycles. The summed E-state index contributed by atoms with van der Waals surface area (Å²) in [5.74, 6) is -0.386. The summed E-state index contributed by atoms with van der Waals surface area (Å²) in [5, 5.41) is 12.7. The first-order chi connectivity index (χ1) is 10.8. The lowest BCUT2D eigenvalue weighted by Crippen LogP contribution is -2.28. The summed E-state index contributed by atoms with van der Waals surface area (Å²) >= 11 is 0.854. The number of halogens is 3. The maximum atomic E-state index is 12.4. The molecule has 1 amide bonds. The Bertz CT molecular complexity index is 647. The van der Waals surface area contributed by atoms with Gasteiger partial charge in [0.1, 0.15) is 6.54 Å². The summed E-state index contributed by atoms with van der Waals surface area (Å²) in [6, 6.07) is 9.14. The van der Waals surface area contributed by atoms with Crippen molar-refractivity contribution in [2.45, 2.75) is 30.8 Å². The highest BCUT2D eigenvalue weighted by atomic mass is 32.2. The highest BCUT2D eigenvalue weighted by Gasteiger charge is 2.30. The van der Waals surface area contributed by atoms with E-state index in [1.54, 1.807) is 0 Å². The van der Waals surface area contributed by atoms with Crippen LogP contribution in [0, 0.1) is 0 Å². The second kappa shape index (κ2) is 7.44. The van der Waals surface area contributed by atoms with E-state index in [4.69, 9.17) is 0 Å². The van der Waals surface area contributed by atoms with Crippen molar-refractivity contribution in [1.82, 2.24) is 25.5 Å². The number of amides is 1. The smallest absolute Gasteiger partial charge is 0.349 e. The molecule has 1 aromatic carbocycles. The van der Waals surface area contributed by atoms with E-state index < -0.39 is 12.7 Å². The number of tetrazole rings is 1. The van der Waals surface area contributed by atoms with Crippen molar-refractivity contribution >= 4 is 17.7 Å². The van der Waals surface area contributed by atoms with E-state index in [2.05, 4.69) is 20.8 Å². The molecule has 0 aliphatic carbocycles. The van der Waals surface area contributed by atoms with Crippen LogP contribution in [0.2, 0.25) is 0 Å². The Kier molecular flexibility index (Phi) is 5.59. The van der Waals surface area contributed by atoms with Gasteiger partial charge < -0.3 is 5.32 Å². The standard InChI is InChI=1S/C13H14F3N5OS/c1-9(10-5-3-2-4-6-10)17-11(22)7-23-12-18-19-20-21(12)8-13(14,15)16/h2-6,9H,7-8H2,1H3,(H,17,22)/t9-/m0/s1. The van der Waals surface area contributed by atoms with Crippen LogP contribution in [-0.2, 0) is 11.3 Å². The molecule has 0 radical (unpaired) electrons. The van der Waals surface area contributed by atoms with Crippen LogP contribution < -0.4 is 5.32 Å². The summed E-state index contributed by atoms with van der Waals surface area (Å²) in [4.78, 5) is 11.9. The van der Waals surface area contributed by atoms with Gasteiger partial charge in [0.2, 0.25) is 11.1 Å². The minimum absolute atomic E-state index is 0.0511. The van der Waals surface area contributed by atoms with Crippen molar-refractivity contribution in [2.75, 3.05) is 5.75 Å². The predicted octanol–water partition coefficient (Wildman–Crippen LogP) is 2.20. The Morgan fingerprint density at radius 2 is 2.04 bits per heavy atom. The van der Waals surface area contributed by atoms with E-state index >= 15 is 0 Å². The number of aromatic nitrogens is 4. The lowest BCUT2D eigenvalue weighted by Gasteiger charge is -2.14. The van der Waals surface area contributed by atoms with E-state index in [1.807, 2.05) is 37.3 Å². The monoisotopic (exact) mass is 345 g/mol. The van der Waals surface area contributed by atoms with Crippen LogP contribution in [0.15, 0.2) is 35.5 Å². The molecule has 1 atom stereocenters. The van der Waals surface area contributed by atoms with Crippen LogP contribution in [0.1, 0.15) is 18.5 Å². The molecule has 0 unspecified atom stereocenters. The first-order valence-electron chi connectivity index (χ1n) is 6.65. The Hall–Kier alpha value is -2.10. The van der Waals surface area contributed by atoms with Crippen molar-refractivity contribution < 1.29 is 18.0 Å². The van der Waals surface area contributed by atoms with Gasteiger partial charge in [-0.15, -0.1) is 5.10 Å². The second-order valence-electron chi connectivity index (χ2n) is 4.72. The summed E-state index contributed by atoms with van der Waals surface area (Å²) in [6.07, 6.45) is -4.42. The fourth-order valence-corrected chi connectivity index (χ4v) is 2.50. The molecule has 2 rings (SSSR count). The summed E-state index contributed by atoms with van der Waals surface area (Å²) < 4.78 is 37.7. The molecule has 2 aromatic rings. The van der Waals surface area contributed by atoms with E-state index in [0.29, 0.717) is 4.68 Å². The molecule has 23 heavy (non-hydrogen) atoms. The minimum atomic E-state index is -4.42. The molecule has 124 valence electrons. The van der Waals surface area contributed by atoms with Crippen molar-refractivity contribution in [3.05, 3.63) is 35.9 Å². The molecule has 1 aromatic heterocycles. The Balaban J connectivity index is 1.87. The van der Waals surface area contributed by atoms with E-state index in [0.717, 1.165) is 17.3 Å². The second-order valence-corrected chi connectivity index (χ2v) is 5.67. The van der Waals surface area contributed by atoms with Crippen LogP contribution in [0.3, 0.4) is 0 Å². The van der Waals surface area contributed by atoms with Gasteiger partial charge in [-0.3, -0.25) is 4.79 Å². The third-order valence-corrected chi connectivity index (χ3v) is 3.79. The molecule has 0 aliphatic heterocycles. The Labute approximate surface area is 134 Å². The lowest BCUT2D eigenvalue weighted by molar-refractivity contribution is -0.144. The summed E-state index contributed by atoms with van der Waals surface area (Å²) in [5.41, 5.74) is 0.938. The fourth-order valence-electron chi connectivity index (χ4n) is 1.81. The molecule has 1 heterocycles. The molecular formula is C13H14F3N5OS. The molecule has 0 spiro atoms. The highest BCUT2D eigenvalue weighted by Crippen LogP contribution is 2.21. The van der Waals surface area contributed by atoms with Crippen LogP contribution >= 0.6 is 11.8 Å². The maximum absolute atomic E-state index is 12.4. The van der Waals surface area contributed by atoms with Gasteiger partial charge in [-0.1, -0.05) is 42.1 Å². The predicted molar refractivity (Wildman–Crippen MR) is 77.6 cm³/mol. The largest absolute Gasteiger partial charge is 0.408 e. The molecule has 0 bridgehead atoms. The number of thioether (sulfide) groups is 1. The topological polar surface area (TPSA) is 72.7 Å². The van der Waals surface area contributed by atoms with E-state index in [-0.39, 0.29) is 22.9 Å². The molecular weight excluding hydrogens is 331 g/mol. The number of nitrogens with one attached hydrogen (secondary N) is 1. The molecule has 0 saturated carbocycles. The van der Waals surface area contributed by atoms with Gasteiger partial charge in [0.15, 0.2) is 0 Å². The van der Waals surface area contributed by atoms with Crippen LogP contribution in [0.25, 0.3) is 0 Å². The number of nitrogens with zero attached hydrogens (tertiary/aromatic N) is 4. The van der Waals surface area contributed by atoms with Crippen molar-refractivity contribution in [1.29, 1.82) is 0 Å². The zero-order valence-corrected chi connectivity index (χ0v) is 12.9. The normalized spacial score (nSPS) is 12.9. The number of hydrogen-bond acceptors (Lipinski definition) is 5. The number of hydrogen-bond donors (Lipinski definition) is 1. The number of rotatable bonds is 6. The lowest BCUT2D eigenvalue weighted by atomic mass is 10.1. The highest BCUT2D eigenvalue weighted by molar-refractivity contribution is 7.99. The summed E-state index contributed by atoms with van der Waals surface area (Å²) in [6.45, 7) is 0.538. The van der Waals surface area contributed by atoms with Crippen molar-refractivity contribution in [3.8, 4) is 0 Å². The van der Waals surface area contributed by atoms with Gasteiger partial charge in [0, 0.05) is 0 Å². The first kappa shape index (κ1) is 17.3. The van der Waals surface area contributed by atoms with Gasteiger partial charge in [-0.25, -0.2) is 4.68 Å². The number of alkyl halides is 3. The van der Waals surface area contributed by atoms with Crippen molar-refractivity contribution in [2.24, 2.45) is 0 Å². The van der Waals surface area contributed by atoms with Gasteiger partial charge in [-0.2, -0.15) is 13.2 Å². The quantitative estimate of drug-likeness (QED) is 0.813. The van der Waals surface area contributed by atoms with Gasteiger partial charge in [-0.05, 0) is 22.9 Å². The summed E-state index contributed by atoms with van der Waals surface area (Å²) in [7, 11) is 0. The third-order valence-electron chi connectivity index (χ3n) is 2.84. The molecule has 6 nitrogen and oxygen atoms in total. The van der Waals surface area contributed by atoms with Gasteiger partial charge in [0.05, 0.1) is 11.8 Å². The zero-order chi connectivity index (χ0) is 16.9. The first-order valence-corrected chi connectivity index (χ1v) is 7.64. The molecule has 1 N–H and O–H groups in total. The number of benzene rings is 1. The average molecular weight is 345 g/mol. The van der Waals surface area contributed by atoms with E-state index in [9.17, 15) is 18.0 Å². The average Bonchev–Trinajstić information content (AvgIpc) is 2.91. The fraction of sp³-hybridized carbons (Fsp3) is 0.385. The number of carbonyl (C=O) groups is 1. The van der Waals surface area contributed by atoms with Gasteiger partial charge >= 0.3 is 6.18 Å². The molecule has 0 fully saturated rings. The van der Waals surface area contributed by atoms with Crippen LogP contribution in [0.4, 0.5) is 13.2 Å². The Morgan fingerprint density at radius 1 is 1.35 bits per heavy atom. The SMILES string of the molecule is C[C@H](NC(=O)CSc1nnnn1CC(F)(F)F)c1ccccc1. The third kappa shape index (κ3) is 5.55. The van der Waals surface area contributed by atoms with Gasteiger partial charge in [0.25, 0.3) is 0 Å². The van der Waals surface area contributed by atoms with Crippen LogP contribution in [0.5, 0.6) is 0 Å². The van der Waals surface area contributed by atoms with Crippen molar-refractivity contribution in [3.63, 3.8) is 0 Å². The number of carbonyl (C=O) groups excluding carboxylic acids is 1. The zero-order valence-electron chi connectivity index (χ0n) is 12.1. The molecule has 0 aliphatic rings. The minimum Gasteiger partial charge on any atom is -0.349 e. The van der Waals surface area contributed by atoms with E-state index in [1.165, 1.54) is 0 Å². The molecule has 10 heteroatoms. The Morgan fingerprint density at radius 3 is 2.70 bits per heavy atom.